The van der Waals surface area contributed by atoms with E-state index in [4.69, 9.17) is 0 Å². The number of rotatable bonds is 2. The first-order chi connectivity index (χ1) is 6.82. The molecular weight excluding hydrogens is 209 g/mol. The minimum atomic E-state index is -1.43. The highest BCUT2D eigenvalue weighted by Gasteiger charge is 2.18. The fraction of sp³-hybridized carbons (Fsp3) is 0.364. The van der Waals surface area contributed by atoms with Gasteiger partial charge in [0.25, 0.3) is 0 Å². The Kier molecular flexibility index (Phi) is 3.29. The molecule has 82 valence electrons. The molecule has 0 N–H and O–H groups in total. The Morgan fingerprint density at radius 1 is 1.33 bits per heavy atom. The summed E-state index contributed by atoms with van der Waals surface area (Å²) in [6.07, 6.45) is -1.43. The molecule has 1 aromatic rings. The van der Waals surface area contributed by atoms with Crippen LogP contribution in [0.4, 0.5) is 14.9 Å². The van der Waals surface area contributed by atoms with Crippen LogP contribution in [-0.4, -0.2) is 21.3 Å². The molecule has 0 aliphatic heterocycles. The van der Waals surface area contributed by atoms with Gasteiger partial charge in [-0.15, -0.1) is 4.39 Å². The van der Waals surface area contributed by atoms with E-state index in [1.807, 2.05) is 18.2 Å². The predicted octanol–water partition coefficient (Wildman–Crippen LogP) is 2.76. The van der Waals surface area contributed by atoms with Crippen molar-refractivity contribution in [1.29, 1.82) is 0 Å². The van der Waals surface area contributed by atoms with Crippen LogP contribution in [-0.2, 0) is 0 Å². The zero-order chi connectivity index (χ0) is 11.6. The van der Waals surface area contributed by atoms with E-state index in [0.717, 1.165) is 4.90 Å². The van der Waals surface area contributed by atoms with Gasteiger partial charge in [0, 0.05) is 12.7 Å². The third kappa shape index (κ3) is 2.89. The number of amides is 1. The maximum atomic E-state index is 12.5. The summed E-state index contributed by atoms with van der Waals surface area (Å²) in [5.41, 5.74) is 0.613. The zero-order valence-corrected chi connectivity index (χ0v) is 10.5. The first-order valence-corrected chi connectivity index (χ1v) is 8.36. The van der Waals surface area contributed by atoms with E-state index in [-0.39, 0.29) is 0 Å². The highest BCUT2D eigenvalue weighted by molar-refractivity contribution is 6.88. The molecule has 0 unspecified atom stereocenters. The number of anilines is 1. The molecule has 1 amide bonds. The van der Waals surface area contributed by atoms with Gasteiger partial charge in [-0.05, 0) is 12.1 Å². The number of benzene rings is 1. The molecule has 0 heterocycles. The number of hydrogen-bond donors (Lipinski definition) is 0. The second-order valence-electron chi connectivity index (χ2n) is 4.61. The topological polar surface area (TPSA) is 20.3 Å². The summed E-state index contributed by atoms with van der Waals surface area (Å²) in [5.74, 6) is 0. The fourth-order valence-electron chi connectivity index (χ4n) is 1.28. The smallest absolute Gasteiger partial charge is 0.287 e. The van der Waals surface area contributed by atoms with Crippen molar-refractivity contribution < 1.29 is 9.18 Å². The van der Waals surface area contributed by atoms with Crippen molar-refractivity contribution in [2.45, 2.75) is 19.6 Å². The van der Waals surface area contributed by atoms with Crippen molar-refractivity contribution in [3.8, 4) is 0 Å². The molecule has 0 saturated heterocycles. The lowest BCUT2D eigenvalue weighted by atomic mass is 10.3. The van der Waals surface area contributed by atoms with Gasteiger partial charge in [0.15, 0.2) is 0 Å². The molecule has 4 heteroatoms. The van der Waals surface area contributed by atoms with Gasteiger partial charge in [-0.3, -0.25) is 4.90 Å². The normalized spacial score (nSPS) is 11.3. The van der Waals surface area contributed by atoms with E-state index in [1.165, 1.54) is 12.2 Å². The quantitative estimate of drug-likeness (QED) is 0.430. The SMILES string of the molecule is CN(C(=O)F)c1cccc([Si](C)(C)C)c1. The van der Waals surface area contributed by atoms with Gasteiger partial charge in [0.2, 0.25) is 0 Å². The average molecular weight is 225 g/mol. The van der Waals surface area contributed by atoms with Crippen LogP contribution in [0.5, 0.6) is 0 Å². The first-order valence-electron chi connectivity index (χ1n) is 4.86. The average Bonchev–Trinajstić information content (AvgIpc) is 2.15. The number of carbonyl (C=O) groups is 1. The van der Waals surface area contributed by atoms with Crippen LogP contribution in [0.3, 0.4) is 0 Å². The molecule has 0 bridgehead atoms. The van der Waals surface area contributed by atoms with E-state index >= 15 is 0 Å². The van der Waals surface area contributed by atoms with Crippen LogP contribution < -0.4 is 10.1 Å². The Morgan fingerprint density at radius 2 is 1.93 bits per heavy atom. The maximum Gasteiger partial charge on any atom is 0.404 e. The molecule has 1 rings (SSSR count). The van der Waals surface area contributed by atoms with Gasteiger partial charge in [-0.1, -0.05) is 37.0 Å². The van der Waals surface area contributed by atoms with Crippen LogP contribution in [0.15, 0.2) is 24.3 Å². The van der Waals surface area contributed by atoms with Gasteiger partial charge in [0.05, 0.1) is 8.07 Å². The standard InChI is InChI=1S/C11H16FNOSi/c1-13(11(12)14)9-6-5-7-10(8-9)15(2,3)4/h5-8H,1-4H3. The van der Waals surface area contributed by atoms with Crippen molar-refractivity contribution in [2.75, 3.05) is 11.9 Å². The summed E-state index contributed by atoms with van der Waals surface area (Å²) in [6, 6.07) is 7.53. The minimum Gasteiger partial charge on any atom is -0.287 e. The Labute approximate surface area is 90.7 Å². The summed E-state index contributed by atoms with van der Waals surface area (Å²) in [5, 5.41) is 1.22. The highest BCUT2D eigenvalue weighted by Crippen LogP contribution is 2.13. The Hall–Kier alpha value is -1.16. The molecule has 1 aromatic carbocycles. The van der Waals surface area contributed by atoms with Crippen LogP contribution >= 0.6 is 0 Å². The number of carbonyl (C=O) groups excluding carboxylic acids is 1. The summed E-state index contributed by atoms with van der Waals surface area (Å²) < 4.78 is 12.5. The van der Waals surface area contributed by atoms with Crippen LogP contribution in [0.2, 0.25) is 19.6 Å². The molecule has 0 atom stereocenters. The summed E-state index contributed by atoms with van der Waals surface area (Å²) >= 11 is 0. The monoisotopic (exact) mass is 225 g/mol. The van der Waals surface area contributed by atoms with Crippen molar-refractivity contribution in [1.82, 2.24) is 0 Å². The first kappa shape index (κ1) is 11.9. The molecule has 0 aliphatic carbocycles. The lowest BCUT2D eigenvalue weighted by molar-refractivity contribution is 0.229. The molecule has 0 fully saturated rings. The molecular formula is C11H16FNOSi. The van der Waals surface area contributed by atoms with E-state index < -0.39 is 14.2 Å². The Morgan fingerprint density at radius 3 is 2.40 bits per heavy atom. The van der Waals surface area contributed by atoms with Gasteiger partial charge in [-0.25, -0.2) is 4.79 Å². The summed E-state index contributed by atoms with van der Waals surface area (Å²) in [4.78, 5) is 11.6. The summed E-state index contributed by atoms with van der Waals surface area (Å²) in [7, 11) is 0.0304. The molecule has 15 heavy (non-hydrogen) atoms. The van der Waals surface area contributed by atoms with Crippen molar-refractivity contribution in [2.24, 2.45) is 0 Å². The zero-order valence-electron chi connectivity index (χ0n) is 9.54. The van der Waals surface area contributed by atoms with Crippen LogP contribution in [0.25, 0.3) is 0 Å². The molecule has 0 saturated carbocycles. The molecule has 0 radical (unpaired) electrons. The summed E-state index contributed by atoms with van der Waals surface area (Å²) in [6.45, 7) is 6.64. The Bertz CT molecular complexity index is 373. The second-order valence-corrected chi connectivity index (χ2v) is 9.69. The number of hydrogen-bond acceptors (Lipinski definition) is 1. The van der Waals surface area contributed by atoms with Gasteiger partial charge >= 0.3 is 6.16 Å². The van der Waals surface area contributed by atoms with E-state index in [1.54, 1.807) is 6.07 Å². The van der Waals surface area contributed by atoms with Gasteiger partial charge < -0.3 is 0 Å². The van der Waals surface area contributed by atoms with Crippen LogP contribution in [0.1, 0.15) is 0 Å². The highest BCUT2D eigenvalue weighted by atomic mass is 28.3. The largest absolute Gasteiger partial charge is 0.404 e. The minimum absolute atomic E-state index is 0.613. The maximum absolute atomic E-state index is 12.5. The molecule has 2 nitrogen and oxygen atoms in total. The van der Waals surface area contributed by atoms with Crippen LogP contribution in [0, 0.1) is 0 Å². The van der Waals surface area contributed by atoms with Crippen molar-refractivity contribution in [3.05, 3.63) is 24.3 Å². The third-order valence-corrected chi connectivity index (χ3v) is 4.41. The van der Waals surface area contributed by atoms with E-state index in [9.17, 15) is 9.18 Å². The lowest BCUT2D eigenvalue weighted by Gasteiger charge is -2.19. The lowest BCUT2D eigenvalue weighted by Crippen LogP contribution is -2.38. The molecule has 0 aromatic heterocycles. The Balaban J connectivity index is 3.08. The number of nitrogens with zero attached hydrogens (tertiary/aromatic N) is 1. The van der Waals surface area contributed by atoms with E-state index in [0.29, 0.717) is 5.69 Å². The van der Waals surface area contributed by atoms with Crippen molar-refractivity contribution >= 4 is 25.1 Å². The number of halogens is 1. The van der Waals surface area contributed by atoms with Crippen molar-refractivity contribution in [3.63, 3.8) is 0 Å². The van der Waals surface area contributed by atoms with E-state index in [2.05, 4.69) is 19.6 Å². The predicted molar refractivity (Wildman–Crippen MR) is 64.3 cm³/mol. The van der Waals surface area contributed by atoms with Gasteiger partial charge in [-0.2, -0.15) is 0 Å². The molecule has 0 spiro atoms. The van der Waals surface area contributed by atoms with Gasteiger partial charge in [0.1, 0.15) is 0 Å². The third-order valence-electron chi connectivity index (χ3n) is 2.36. The fourth-order valence-corrected chi connectivity index (χ4v) is 2.46. The second kappa shape index (κ2) is 4.14. The molecule has 0 aliphatic rings.